The van der Waals surface area contributed by atoms with Gasteiger partial charge in [0.25, 0.3) is 5.91 Å². The van der Waals surface area contributed by atoms with Crippen LogP contribution in [-0.4, -0.2) is 41.9 Å². The quantitative estimate of drug-likeness (QED) is 0.834. The lowest BCUT2D eigenvalue weighted by Crippen LogP contribution is -2.38. The molecule has 1 N–H and O–H groups in total. The Bertz CT molecular complexity index is 807. The van der Waals surface area contributed by atoms with Crippen molar-refractivity contribution in [3.05, 3.63) is 53.7 Å². The molecule has 1 aromatic heterocycles. The van der Waals surface area contributed by atoms with E-state index in [1.165, 1.54) is 42.5 Å². The summed E-state index contributed by atoms with van der Waals surface area (Å²) in [5, 5.41) is 2.22. The van der Waals surface area contributed by atoms with E-state index < -0.39 is 30.1 Å². The Balaban J connectivity index is 2.10. The summed E-state index contributed by atoms with van der Waals surface area (Å²) in [6.07, 6.45) is -3.29. The van der Waals surface area contributed by atoms with Gasteiger partial charge < -0.3 is 15.0 Å². The van der Waals surface area contributed by atoms with E-state index in [0.29, 0.717) is 5.88 Å². The fourth-order valence-electron chi connectivity index (χ4n) is 2.34. The third kappa shape index (κ3) is 5.19. The lowest BCUT2D eigenvalue weighted by molar-refractivity contribution is -0.137. The number of alkyl halides is 3. The van der Waals surface area contributed by atoms with Gasteiger partial charge in [-0.25, -0.2) is 4.98 Å². The Kier molecular flexibility index (Phi) is 6.38. The predicted molar refractivity (Wildman–Crippen MR) is 92.4 cm³/mol. The minimum Gasteiger partial charge on any atom is -0.481 e. The Morgan fingerprint density at radius 1 is 1.19 bits per heavy atom. The number of hydrogen-bond acceptors (Lipinski definition) is 4. The Hall–Kier alpha value is -3.10. The molecule has 144 valence electrons. The normalized spacial score (nSPS) is 11.0. The maximum atomic E-state index is 13.0. The summed E-state index contributed by atoms with van der Waals surface area (Å²) >= 11 is 0. The van der Waals surface area contributed by atoms with E-state index in [9.17, 15) is 22.8 Å². The number of likely N-dealkylation sites (N-methyl/N-ethyl adjacent to an activating group) is 1. The number of carbonyl (C=O) groups excluding carboxylic acids is 2. The van der Waals surface area contributed by atoms with Crippen molar-refractivity contribution < 1.29 is 27.5 Å². The Labute approximate surface area is 154 Å². The molecule has 0 aliphatic carbocycles. The van der Waals surface area contributed by atoms with E-state index in [0.717, 1.165) is 12.1 Å². The minimum atomic E-state index is -4.60. The first-order valence-corrected chi connectivity index (χ1v) is 8.01. The van der Waals surface area contributed by atoms with Crippen LogP contribution in [0.3, 0.4) is 0 Å². The third-order valence-electron chi connectivity index (χ3n) is 3.70. The monoisotopic (exact) mass is 381 g/mol. The van der Waals surface area contributed by atoms with Crippen LogP contribution in [0.25, 0.3) is 0 Å². The van der Waals surface area contributed by atoms with Crippen molar-refractivity contribution in [1.82, 2.24) is 9.88 Å². The molecule has 1 heterocycles. The molecule has 1 aromatic carbocycles. The van der Waals surface area contributed by atoms with Crippen molar-refractivity contribution in [3.8, 4) is 5.88 Å². The number of halogens is 3. The molecule has 0 aliphatic heterocycles. The molecular weight excluding hydrogens is 363 g/mol. The molecule has 0 unspecified atom stereocenters. The number of hydrogen-bond donors (Lipinski definition) is 1. The number of pyridine rings is 1. The lowest BCUT2D eigenvalue weighted by atomic mass is 10.1. The first-order chi connectivity index (χ1) is 12.8. The second-order valence-electron chi connectivity index (χ2n) is 5.50. The first-order valence-electron chi connectivity index (χ1n) is 8.01. The van der Waals surface area contributed by atoms with E-state index in [4.69, 9.17) is 4.74 Å². The summed E-state index contributed by atoms with van der Waals surface area (Å²) in [6.45, 7) is 1.46. The van der Waals surface area contributed by atoms with Gasteiger partial charge in [-0.2, -0.15) is 13.2 Å². The number of aromatic nitrogens is 1. The van der Waals surface area contributed by atoms with Crippen LogP contribution in [0, 0.1) is 0 Å². The van der Waals surface area contributed by atoms with Gasteiger partial charge in [0.05, 0.1) is 23.9 Å². The van der Waals surface area contributed by atoms with Crippen LogP contribution in [0.5, 0.6) is 5.88 Å². The van der Waals surface area contributed by atoms with Gasteiger partial charge >= 0.3 is 6.18 Å². The highest BCUT2D eigenvalue weighted by Crippen LogP contribution is 2.34. The van der Waals surface area contributed by atoms with Gasteiger partial charge in [-0.1, -0.05) is 12.1 Å². The van der Waals surface area contributed by atoms with Crippen LogP contribution in [-0.2, 0) is 11.0 Å². The van der Waals surface area contributed by atoms with Crippen LogP contribution >= 0.6 is 0 Å². The molecule has 0 saturated carbocycles. The van der Waals surface area contributed by atoms with Crippen LogP contribution in [0.4, 0.5) is 18.9 Å². The molecule has 2 rings (SSSR count). The number of benzene rings is 1. The maximum Gasteiger partial charge on any atom is 0.418 e. The molecule has 2 aromatic rings. The van der Waals surface area contributed by atoms with Crippen molar-refractivity contribution in [1.29, 1.82) is 0 Å². The van der Waals surface area contributed by atoms with Gasteiger partial charge in [-0.15, -0.1) is 0 Å². The molecule has 0 bridgehead atoms. The third-order valence-corrected chi connectivity index (χ3v) is 3.70. The zero-order chi connectivity index (χ0) is 20.0. The summed E-state index contributed by atoms with van der Waals surface area (Å²) < 4.78 is 43.9. The fourth-order valence-corrected chi connectivity index (χ4v) is 2.34. The van der Waals surface area contributed by atoms with Gasteiger partial charge in [0.15, 0.2) is 0 Å². The van der Waals surface area contributed by atoms with E-state index in [-0.39, 0.29) is 17.8 Å². The van der Waals surface area contributed by atoms with E-state index in [1.807, 2.05) is 0 Å². The Morgan fingerprint density at radius 2 is 1.89 bits per heavy atom. The zero-order valence-electron chi connectivity index (χ0n) is 14.7. The summed E-state index contributed by atoms with van der Waals surface area (Å²) in [5.41, 5.74) is -1.07. The first kappa shape index (κ1) is 20.2. The number of anilines is 1. The molecule has 6 nitrogen and oxygen atoms in total. The van der Waals surface area contributed by atoms with E-state index >= 15 is 0 Å². The zero-order valence-corrected chi connectivity index (χ0v) is 14.7. The fraction of sp³-hybridized carbons (Fsp3) is 0.278. The average Bonchev–Trinajstić information content (AvgIpc) is 2.65. The molecule has 27 heavy (non-hydrogen) atoms. The van der Waals surface area contributed by atoms with E-state index in [2.05, 4.69) is 10.3 Å². The number of nitrogens with zero attached hydrogens (tertiary/aromatic N) is 2. The number of carbonyl (C=O) groups is 2. The number of methoxy groups -OCH3 is 1. The second-order valence-corrected chi connectivity index (χ2v) is 5.50. The molecule has 2 amide bonds. The number of ether oxygens (including phenoxy) is 1. The Morgan fingerprint density at radius 3 is 2.44 bits per heavy atom. The summed E-state index contributed by atoms with van der Waals surface area (Å²) in [7, 11) is 1.44. The van der Waals surface area contributed by atoms with Crippen molar-refractivity contribution in [3.63, 3.8) is 0 Å². The number of amides is 2. The lowest BCUT2D eigenvalue weighted by Gasteiger charge is -2.21. The van der Waals surface area contributed by atoms with Crippen LogP contribution in [0.2, 0.25) is 0 Å². The molecule has 9 heteroatoms. The summed E-state index contributed by atoms with van der Waals surface area (Å²) in [6, 6.07) is 7.65. The van der Waals surface area contributed by atoms with Gasteiger partial charge in [-0.3, -0.25) is 9.59 Å². The molecule has 0 spiro atoms. The topological polar surface area (TPSA) is 71.5 Å². The molecule has 0 atom stereocenters. The standard InChI is InChI=1S/C18H18F3N3O3/c1-3-24(17(26)12-8-9-16(27-2)22-10-12)11-15(25)23-14-7-5-4-6-13(14)18(19,20)21/h4-10H,3,11H2,1-2H3,(H,23,25). The molecule has 0 saturated heterocycles. The number of rotatable bonds is 6. The minimum absolute atomic E-state index is 0.194. The summed E-state index contributed by atoms with van der Waals surface area (Å²) in [4.78, 5) is 29.8. The van der Waals surface area contributed by atoms with Crippen molar-refractivity contribution in [2.45, 2.75) is 13.1 Å². The van der Waals surface area contributed by atoms with Crippen molar-refractivity contribution in [2.24, 2.45) is 0 Å². The second kappa shape index (κ2) is 8.52. The van der Waals surface area contributed by atoms with Crippen molar-refractivity contribution in [2.75, 3.05) is 25.5 Å². The largest absolute Gasteiger partial charge is 0.481 e. The predicted octanol–water partition coefficient (Wildman–Crippen LogP) is 3.21. The van der Waals surface area contributed by atoms with Crippen LogP contribution in [0.1, 0.15) is 22.8 Å². The number of nitrogens with one attached hydrogen (secondary N) is 1. The van der Waals surface area contributed by atoms with Gasteiger partial charge in [-0.05, 0) is 25.1 Å². The molecule has 0 radical (unpaired) electrons. The highest BCUT2D eigenvalue weighted by Gasteiger charge is 2.33. The summed E-state index contributed by atoms with van der Waals surface area (Å²) in [5.74, 6) is -0.869. The number of para-hydroxylation sites is 1. The average molecular weight is 381 g/mol. The molecule has 0 aliphatic rings. The van der Waals surface area contributed by atoms with E-state index in [1.54, 1.807) is 6.92 Å². The molecule has 0 fully saturated rings. The maximum absolute atomic E-state index is 13.0. The van der Waals surface area contributed by atoms with Crippen LogP contribution in [0.15, 0.2) is 42.6 Å². The smallest absolute Gasteiger partial charge is 0.418 e. The molecular formula is C18H18F3N3O3. The van der Waals surface area contributed by atoms with Crippen molar-refractivity contribution >= 4 is 17.5 Å². The van der Waals surface area contributed by atoms with Gasteiger partial charge in [0, 0.05) is 18.8 Å². The van der Waals surface area contributed by atoms with Gasteiger partial charge in [0.1, 0.15) is 6.54 Å². The van der Waals surface area contributed by atoms with Gasteiger partial charge in [0.2, 0.25) is 11.8 Å². The SMILES string of the molecule is CCN(CC(=O)Nc1ccccc1C(F)(F)F)C(=O)c1ccc(OC)nc1. The highest BCUT2D eigenvalue weighted by molar-refractivity contribution is 5.99. The highest BCUT2D eigenvalue weighted by atomic mass is 19.4. The van der Waals surface area contributed by atoms with Crippen LogP contribution < -0.4 is 10.1 Å².